The molecule has 3 amide bonds. The molecule has 3 aliphatic rings. The maximum Gasteiger partial charge on any atom is 0.414 e. The van der Waals surface area contributed by atoms with E-state index in [-0.39, 0.29) is 36.8 Å². The molecule has 2 aromatic carbocycles. The molecule has 10 nitrogen and oxygen atoms in total. The van der Waals surface area contributed by atoms with Gasteiger partial charge in [-0.05, 0) is 51.8 Å². The Morgan fingerprint density at radius 2 is 1.61 bits per heavy atom. The van der Waals surface area contributed by atoms with Crippen molar-refractivity contribution in [1.82, 2.24) is 9.80 Å². The second kappa shape index (κ2) is 11.9. The zero-order valence-corrected chi connectivity index (χ0v) is 24.3. The lowest BCUT2D eigenvalue weighted by atomic mass is 10.00. The fraction of sp³-hybridized carbons (Fsp3) is 0.516. The van der Waals surface area contributed by atoms with Gasteiger partial charge in [-0.15, -0.1) is 0 Å². The molecule has 0 aliphatic carbocycles. The van der Waals surface area contributed by atoms with Crippen LogP contribution in [0, 0.1) is 0 Å². The van der Waals surface area contributed by atoms with E-state index < -0.39 is 5.60 Å². The minimum absolute atomic E-state index is 0.0348. The van der Waals surface area contributed by atoms with Gasteiger partial charge in [-0.25, -0.2) is 9.59 Å². The van der Waals surface area contributed by atoms with Crippen molar-refractivity contribution in [2.75, 3.05) is 38.2 Å². The standard InChI is InChI=1S/C31H39N3O7/c1-31(2,3)41-29(36)33-17-13-23(14-18-33)40-24-9-10-25(27(19-24)38-4)28(35)32-15-11-22(12-16-32)34-26-8-6-5-7-21(26)20-39-30(34)37/h5-10,19,22-23H,11-18,20H2,1-4H3. The van der Waals surface area contributed by atoms with Gasteiger partial charge in [-0.3, -0.25) is 9.69 Å². The van der Waals surface area contributed by atoms with Crippen LogP contribution in [0.2, 0.25) is 0 Å². The van der Waals surface area contributed by atoms with E-state index in [0.717, 1.165) is 11.3 Å². The SMILES string of the molecule is COc1cc(OC2CCN(C(=O)OC(C)(C)C)CC2)ccc1C(=O)N1CCC(N2C(=O)OCc3ccccc32)CC1. The van der Waals surface area contributed by atoms with Crippen molar-refractivity contribution in [3.05, 3.63) is 53.6 Å². The number of anilines is 1. The summed E-state index contributed by atoms with van der Waals surface area (Å²) in [7, 11) is 1.54. The first kappa shape index (κ1) is 28.6. The number of carbonyl (C=O) groups is 3. The monoisotopic (exact) mass is 565 g/mol. The van der Waals surface area contributed by atoms with E-state index in [9.17, 15) is 14.4 Å². The number of fused-ring (bicyclic) bond motifs is 1. The highest BCUT2D eigenvalue weighted by Gasteiger charge is 2.35. The molecule has 220 valence electrons. The number of hydrogen-bond acceptors (Lipinski definition) is 7. The summed E-state index contributed by atoms with van der Waals surface area (Å²) in [5, 5.41) is 0. The number of cyclic esters (lactones) is 1. The predicted octanol–water partition coefficient (Wildman–Crippen LogP) is 5.23. The molecule has 0 unspecified atom stereocenters. The highest BCUT2D eigenvalue weighted by atomic mass is 16.6. The molecule has 41 heavy (non-hydrogen) atoms. The largest absolute Gasteiger partial charge is 0.496 e. The fourth-order valence-electron chi connectivity index (χ4n) is 5.62. The highest BCUT2D eigenvalue weighted by Crippen LogP contribution is 2.33. The van der Waals surface area contributed by atoms with Crippen LogP contribution in [0.4, 0.5) is 15.3 Å². The Bertz CT molecular complexity index is 1270. The number of benzene rings is 2. The van der Waals surface area contributed by atoms with E-state index in [4.69, 9.17) is 18.9 Å². The van der Waals surface area contributed by atoms with Crippen LogP contribution in [0.1, 0.15) is 62.4 Å². The Kier molecular flexibility index (Phi) is 8.28. The molecule has 3 aliphatic heterocycles. The number of hydrogen-bond donors (Lipinski definition) is 0. The highest BCUT2D eigenvalue weighted by molar-refractivity contribution is 5.97. The second-order valence-corrected chi connectivity index (χ2v) is 11.7. The predicted molar refractivity (Wildman–Crippen MR) is 152 cm³/mol. The number of nitrogens with zero attached hydrogens (tertiary/aromatic N) is 3. The molecule has 0 radical (unpaired) electrons. The maximum absolute atomic E-state index is 13.5. The van der Waals surface area contributed by atoms with Crippen LogP contribution in [0.3, 0.4) is 0 Å². The number of ether oxygens (including phenoxy) is 4. The summed E-state index contributed by atoms with van der Waals surface area (Å²) in [5.74, 6) is 0.962. The van der Waals surface area contributed by atoms with Crippen molar-refractivity contribution < 1.29 is 33.3 Å². The molecular formula is C31H39N3O7. The summed E-state index contributed by atoms with van der Waals surface area (Å²) < 4.78 is 22.6. The van der Waals surface area contributed by atoms with Crippen molar-refractivity contribution in [3.8, 4) is 11.5 Å². The van der Waals surface area contributed by atoms with Crippen molar-refractivity contribution >= 4 is 23.8 Å². The average Bonchev–Trinajstić information content (AvgIpc) is 2.96. The summed E-state index contributed by atoms with van der Waals surface area (Å²) in [5.41, 5.74) is 1.83. The van der Waals surface area contributed by atoms with Crippen LogP contribution >= 0.6 is 0 Å². The molecular weight excluding hydrogens is 526 g/mol. The first-order chi connectivity index (χ1) is 19.6. The van der Waals surface area contributed by atoms with Crippen molar-refractivity contribution in [3.63, 3.8) is 0 Å². The third-order valence-electron chi connectivity index (χ3n) is 7.72. The average molecular weight is 566 g/mol. The minimum Gasteiger partial charge on any atom is -0.496 e. The third kappa shape index (κ3) is 6.52. The lowest BCUT2D eigenvalue weighted by Crippen LogP contribution is -2.50. The van der Waals surface area contributed by atoms with Gasteiger partial charge in [-0.1, -0.05) is 18.2 Å². The molecule has 0 bridgehead atoms. The van der Waals surface area contributed by atoms with Gasteiger partial charge in [0.25, 0.3) is 5.91 Å². The zero-order valence-electron chi connectivity index (χ0n) is 24.3. The Hall–Kier alpha value is -3.95. The summed E-state index contributed by atoms with van der Waals surface area (Å²) >= 11 is 0. The van der Waals surface area contributed by atoms with Gasteiger partial charge >= 0.3 is 12.2 Å². The molecule has 0 saturated carbocycles. The Morgan fingerprint density at radius 3 is 2.29 bits per heavy atom. The molecule has 2 fully saturated rings. The normalized spacial score (nSPS) is 18.4. The maximum atomic E-state index is 13.5. The van der Waals surface area contributed by atoms with Crippen molar-refractivity contribution in [2.45, 2.75) is 70.8 Å². The first-order valence-electron chi connectivity index (χ1n) is 14.3. The van der Waals surface area contributed by atoms with Gasteiger partial charge in [0.2, 0.25) is 0 Å². The number of para-hydroxylation sites is 1. The van der Waals surface area contributed by atoms with E-state index in [1.165, 1.54) is 0 Å². The third-order valence-corrected chi connectivity index (χ3v) is 7.72. The quantitative estimate of drug-likeness (QED) is 0.489. The van der Waals surface area contributed by atoms with Gasteiger partial charge in [0.05, 0.1) is 18.4 Å². The first-order valence-corrected chi connectivity index (χ1v) is 14.3. The Morgan fingerprint density at radius 1 is 0.927 bits per heavy atom. The lowest BCUT2D eigenvalue weighted by Gasteiger charge is -2.40. The van der Waals surface area contributed by atoms with E-state index in [0.29, 0.717) is 68.9 Å². The van der Waals surface area contributed by atoms with Gasteiger partial charge < -0.3 is 28.7 Å². The summed E-state index contributed by atoms with van der Waals surface area (Å²) in [4.78, 5) is 43.7. The number of piperidine rings is 2. The number of likely N-dealkylation sites (tertiary alicyclic amines) is 2. The van der Waals surface area contributed by atoms with Crippen LogP contribution in [0.25, 0.3) is 0 Å². The van der Waals surface area contributed by atoms with Crippen LogP contribution in [-0.2, 0) is 16.1 Å². The molecule has 0 N–H and O–H groups in total. The van der Waals surface area contributed by atoms with E-state index in [1.807, 2.05) is 49.9 Å². The van der Waals surface area contributed by atoms with Crippen molar-refractivity contribution in [1.29, 1.82) is 0 Å². The Balaban J connectivity index is 1.17. The molecule has 2 aromatic rings. The fourth-order valence-corrected chi connectivity index (χ4v) is 5.62. The van der Waals surface area contributed by atoms with Crippen LogP contribution in [-0.4, -0.2) is 78.9 Å². The molecule has 2 saturated heterocycles. The number of methoxy groups -OCH3 is 1. The van der Waals surface area contributed by atoms with Gasteiger partial charge in [0.15, 0.2) is 0 Å². The lowest BCUT2D eigenvalue weighted by molar-refractivity contribution is 0.0126. The molecule has 0 spiro atoms. The van der Waals surface area contributed by atoms with Crippen LogP contribution < -0.4 is 14.4 Å². The Labute approximate surface area is 241 Å². The number of rotatable bonds is 5. The van der Waals surface area contributed by atoms with Crippen molar-refractivity contribution in [2.24, 2.45) is 0 Å². The second-order valence-electron chi connectivity index (χ2n) is 11.7. The topological polar surface area (TPSA) is 97.8 Å². The molecule has 5 rings (SSSR count). The van der Waals surface area contributed by atoms with Gasteiger partial charge in [0, 0.05) is 56.7 Å². The number of amides is 3. The molecule has 10 heteroatoms. The molecule has 0 aromatic heterocycles. The van der Waals surface area contributed by atoms with Gasteiger partial charge in [-0.2, -0.15) is 0 Å². The van der Waals surface area contributed by atoms with E-state index >= 15 is 0 Å². The zero-order chi connectivity index (χ0) is 29.1. The minimum atomic E-state index is -0.524. The molecule has 3 heterocycles. The summed E-state index contributed by atoms with van der Waals surface area (Å²) in [6.45, 7) is 8.02. The molecule has 0 atom stereocenters. The van der Waals surface area contributed by atoms with Crippen LogP contribution in [0.5, 0.6) is 11.5 Å². The van der Waals surface area contributed by atoms with E-state index in [2.05, 4.69) is 0 Å². The van der Waals surface area contributed by atoms with Crippen LogP contribution in [0.15, 0.2) is 42.5 Å². The summed E-state index contributed by atoms with van der Waals surface area (Å²) in [6.07, 6.45) is 2.00. The number of carbonyl (C=O) groups excluding carboxylic acids is 3. The smallest absolute Gasteiger partial charge is 0.414 e. The summed E-state index contributed by atoms with van der Waals surface area (Å²) in [6, 6.07) is 13.0. The van der Waals surface area contributed by atoms with E-state index in [1.54, 1.807) is 35.1 Å². The van der Waals surface area contributed by atoms with Gasteiger partial charge in [0.1, 0.15) is 29.8 Å².